The average Bonchev–Trinajstić information content (AvgIpc) is 2.78. The zero-order chi connectivity index (χ0) is 13.1. The van der Waals surface area contributed by atoms with Crippen LogP contribution in [0.25, 0.3) is 0 Å². The first kappa shape index (κ1) is 12.7. The van der Waals surface area contributed by atoms with Gasteiger partial charge in [-0.1, -0.05) is 30.4 Å². The minimum absolute atomic E-state index is 0.0525. The molecule has 0 aliphatic carbocycles. The number of nitrogens with zero attached hydrogens (tertiary/aromatic N) is 1. The van der Waals surface area contributed by atoms with E-state index in [4.69, 9.17) is 4.74 Å². The number of benzene rings is 1. The van der Waals surface area contributed by atoms with E-state index in [-0.39, 0.29) is 12.0 Å². The third-order valence-electron chi connectivity index (χ3n) is 3.08. The van der Waals surface area contributed by atoms with E-state index < -0.39 is 0 Å². The highest BCUT2D eigenvalue weighted by Gasteiger charge is 2.31. The first-order valence-electron chi connectivity index (χ1n) is 6.29. The van der Waals surface area contributed by atoms with Crippen molar-refractivity contribution in [1.82, 2.24) is 4.90 Å². The van der Waals surface area contributed by atoms with Gasteiger partial charge >= 0.3 is 0 Å². The summed E-state index contributed by atoms with van der Waals surface area (Å²) >= 11 is 0. The van der Waals surface area contributed by atoms with E-state index in [1.807, 2.05) is 38.1 Å². The Balaban J connectivity index is 2.06. The molecule has 1 aromatic carbocycles. The number of fused-ring (bicyclic) bond motifs is 1. The van der Waals surface area contributed by atoms with Crippen LogP contribution in [0.4, 0.5) is 0 Å². The van der Waals surface area contributed by atoms with E-state index in [1.54, 1.807) is 4.90 Å². The zero-order valence-electron chi connectivity index (χ0n) is 11.0. The molecule has 18 heavy (non-hydrogen) atoms. The van der Waals surface area contributed by atoms with E-state index in [0.717, 1.165) is 16.9 Å². The van der Waals surface area contributed by atoms with Crippen molar-refractivity contribution in [1.29, 1.82) is 0 Å². The van der Waals surface area contributed by atoms with Crippen LogP contribution in [0.1, 0.15) is 19.4 Å². The Bertz CT molecular complexity index is 442. The van der Waals surface area contributed by atoms with Crippen LogP contribution in [0.2, 0.25) is 0 Å². The fourth-order valence-corrected chi connectivity index (χ4v) is 2.19. The molecule has 0 saturated carbocycles. The number of likely N-dealkylation sites (N-methyl/N-ethyl adjacent to an activating group) is 1. The number of rotatable bonds is 4. The van der Waals surface area contributed by atoms with Gasteiger partial charge in [0.05, 0.1) is 0 Å². The fraction of sp³-hybridized carbons (Fsp3) is 0.400. The third-order valence-corrected chi connectivity index (χ3v) is 3.08. The molecule has 1 unspecified atom stereocenters. The van der Waals surface area contributed by atoms with Crippen molar-refractivity contribution in [2.45, 2.75) is 26.4 Å². The number of carbonyl (C=O) groups excluding carboxylic acids is 1. The topological polar surface area (TPSA) is 29.5 Å². The van der Waals surface area contributed by atoms with Crippen LogP contribution in [0, 0.1) is 0 Å². The van der Waals surface area contributed by atoms with Gasteiger partial charge in [0, 0.05) is 19.5 Å². The van der Waals surface area contributed by atoms with Gasteiger partial charge in [-0.05, 0) is 25.5 Å². The Morgan fingerprint density at radius 1 is 1.50 bits per heavy atom. The molecule has 0 fully saturated rings. The number of carbonyl (C=O) groups is 1. The van der Waals surface area contributed by atoms with Crippen molar-refractivity contribution in [3.63, 3.8) is 0 Å². The molecule has 2 rings (SSSR count). The normalized spacial score (nSPS) is 16.9. The van der Waals surface area contributed by atoms with E-state index >= 15 is 0 Å². The van der Waals surface area contributed by atoms with Gasteiger partial charge in [-0.15, -0.1) is 0 Å². The molecule has 96 valence electrons. The lowest BCUT2D eigenvalue weighted by molar-refractivity contribution is -0.137. The Kier molecular flexibility index (Phi) is 3.70. The summed E-state index contributed by atoms with van der Waals surface area (Å²) in [5, 5.41) is 0. The molecule has 0 aromatic heterocycles. The van der Waals surface area contributed by atoms with E-state index in [9.17, 15) is 4.79 Å². The van der Waals surface area contributed by atoms with E-state index in [2.05, 4.69) is 6.58 Å². The summed E-state index contributed by atoms with van der Waals surface area (Å²) in [4.78, 5) is 14.1. The van der Waals surface area contributed by atoms with Gasteiger partial charge in [0.25, 0.3) is 5.91 Å². The number of amides is 1. The lowest BCUT2D eigenvalue weighted by Crippen LogP contribution is -2.42. The number of hydrogen-bond donors (Lipinski definition) is 0. The molecule has 1 aliphatic heterocycles. The molecule has 1 atom stereocenters. The fourth-order valence-electron chi connectivity index (χ4n) is 2.19. The quantitative estimate of drug-likeness (QED) is 0.762. The molecule has 1 amide bonds. The first-order chi connectivity index (χ1) is 8.61. The van der Waals surface area contributed by atoms with Crippen LogP contribution < -0.4 is 4.74 Å². The second-order valence-electron chi connectivity index (χ2n) is 4.73. The molecule has 0 bridgehead atoms. The van der Waals surface area contributed by atoms with Crippen molar-refractivity contribution < 1.29 is 9.53 Å². The molecule has 0 spiro atoms. The highest BCUT2D eigenvalue weighted by atomic mass is 16.5. The molecule has 1 aliphatic rings. The molecule has 3 heteroatoms. The summed E-state index contributed by atoms with van der Waals surface area (Å²) in [5.41, 5.74) is 2.10. The Morgan fingerprint density at radius 3 is 2.83 bits per heavy atom. The molecular weight excluding hydrogens is 226 g/mol. The Hall–Kier alpha value is -1.77. The predicted molar refractivity (Wildman–Crippen MR) is 71.6 cm³/mol. The van der Waals surface area contributed by atoms with Crippen molar-refractivity contribution >= 4 is 5.91 Å². The summed E-state index contributed by atoms with van der Waals surface area (Å²) in [6, 6.07) is 7.83. The van der Waals surface area contributed by atoms with Crippen molar-refractivity contribution in [2.24, 2.45) is 0 Å². The van der Waals surface area contributed by atoms with Crippen LogP contribution in [-0.4, -0.2) is 30.0 Å². The van der Waals surface area contributed by atoms with Crippen molar-refractivity contribution in [3.8, 4) is 5.75 Å². The highest BCUT2D eigenvalue weighted by molar-refractivity contribution is 5.82. The highest BCUT2D eigenvalue weighted by Crippen LogP contribution is 2.28. The standard InChI is InChI=1S/C15H19NO2/c1-4-16(10-11(2)3)15(17)14-9-12-7-5-6-8-13(12)18-14/h5-8,14H,2,4,9-10H2,1,3H3. The van der Waals surface area contributed by atoms with Crippen LogP contribution in [0.5, 0.6) is 5.75 Å². The molecule has 0 saturated heterocycles. The SMILES string of the molecule is C=C(C)CN(CC)C(=O)C1Cc2ccccc2O1. The smallest absolute Gasteiger partial charge is 0.264 e. The molecule has 1 aromatic rings. The molecule has 0 radical (unpaired) electrons. The number of hydrogen-bond acceptors (Lipinski definition) is 2. The van der Waals surface area contributed by atoms with Crippen LogP contribution in [0.3, 0.4) is 0 Å². The van der Waals surface area contributed by atoms with Crippen molar-refractivity contribution in [3.05, 3.63) is 42.0 Å². The second-order valence-corrected chi connectivity index (χ2v) is 4.73. The molecule has 1 heterocycles. The number of para-hydroxylation sites is 1. The van der Waals surface area contributed by atoms with Gasteiger partial charge in [0.2, 0.25) is 0 Å². The summed E-state index contributed by atoms with van der Waals surface area (Å²) in [7, 11) is 0. The zero-order valence-corrected chi connectivity index (χ0v) is 11.0. The maximum atomic E-state index is 12.3. The van der Waals surface area contributed by atoms with Gasteiger partial charge in [-0.2, -0.15) is 0 Å². The van der Waals surface area contributed by atoms with E-state index in [0.29, 0.717) is 19.5 Å². The molecule has 3 nitrogen and oxygen atoms in total. The third kappa shape index (κ3) is 2.55. The minimum atomic E-state index is -0.373. The lowest BCUT2D eigenvalue weighted by Gasteiger charge is -2.23. The van der Waals surface area contributed by atoms with Gasteiger partial charge in [-0.3, -0.25) is 4.79 Å². The van der Waals surface area contributed by atoms with Crippen LogP contribution in [0.15, 0.2) is 36.4 Å². The predicted octanol–water partition coefficient (Wildman–Crippen LogP) is 2.41. The first-order valence-corrected chi connectivity index (χ1v) is 6.29. The number of ether oxygens (including phenoxy) is 1. The largest absolute Gasteiger partial charge is 0.480 e. The lowest BCUT2D eigenvalue weighted by atomic mass is 10.1. The van der Waals surface area contributed by atoms with Crippen LogP contribution in [-0.2, 0) is 11.2 Å². The van der Waals surface area contributed by atoms with Crippen LogP contribution >= 0.6 is 0 Å². The van der Waals surface area contributed by atoms with Gasteiger partial charge in [0.15, 0.2) is 6.10 Å². The maximum absolute atomic E-state index is 12.3. The molecule has 0 N–H and O–H groups in total. The van der Waals surface area contributed by atoms with E-state index in [1.165, 1.54) is 0 Å². The average molecular weight is 245 g/mol. The van der Waals surface area contributed by atoms with Gasteiger partial charge < -0.3 is 9.64 Å². The van der Waals surface area contributed by atoms with Gasteiger partial charge in [-0.25, -0.2) is 0 Å². The van der Waals surface area contributed by atoms with Gasteiger partial charge in [0.1, 0.15) is 5.75 Å². The summed E-state index contributed by atoms with van der Waals surface area (Å²) in [5.74, 6) is 0.888. The Morgan fingerprint density at radius 2 is 2.22 bits per heavy atom. The van der Waals surface area contributed by atoms with Crippen molar-refractivity contribution in [2.75, 3.05) is 13.1 Å². The molecular formula is C15H19NO2. The second kappa shape index (κ2) is 5.25. The Labute approximate surface area is 108 Å². The summed E-state index contributed by atoms with van der Waals surface area (Å²) in [6.45, 7) is 9.05. The summed E-state index contributed by atoms with van der Waals surface area (Å²) < 4.78 is 5.71. The summed E-state index contributed by atoms with van der Waals surface area (Å²) in [6.07, 6.45) is 0.295. The monoisotopic (exact) mass is 245 g/mol. The maximum Gasteiger partial charge on any atom is 0.264 e. The minimum Gasteiger partial charge on any atom is -0.480 e.